The molecule has 0 bridgehead atoms. The monoisotopic (exact) mass is 339 g/mol. The number of hydrogen-bond acceptors (Lipinski definition) is 3. The van der Waals surface area contributed by atoms with Crippen molar-refractivity contribution in [3.05, 3.63) is 0 Å². The Hall–Kier alpha value is 0.180. The van der Waals surface area contributed by atoms with Crippen molar-refractivity contribution in [3.63, 3.8) is 0 Å². The van der Waals surface area contributed by atoms with E-state index < -0.39 is 22.6 Å². The van der Waals surface area contributed by atoms with Gasteiger partial charge >= 0.3 is 6.18 Å². The van der Waals surface area contributed by atoms with Gasteiger partial charge in [-0.15, -0.1) is 0 Å². The Morgan fingerprint density at radius 3 is 2.18 bits per heavy atom. The summed E-state index contributed by atoms with van der Waals surface area (Å²) in [5.41, 5.74) is 0. The molecule has 0 radical (unpaired) electrons. The number of halogens is 4. The van der Waals surface area contributed by atoms with Crippen molar-refractivity contribution in [2.75, 3.05) is 36.5 Å². The van der Waals surface area contributed by atoms with E-state index in [1.165, 1.54) is 0 Å². The quantitative estimate of drug-likeness (QED) is 0.635. The van der Waals surface area contributed by atoms with Crippen LogP contribution in [0.1, 0.15) is 13.3 Å². The normalized spacial score (nSPS) is 13.3. The number of hydrogen-bond donors (Lipinski definition) is 0. The average Bonchev–Trinajstić information content (AvgIpc) is 2.12. The van der Waals surface area contributed by atoms with Gasteiger partial charge in [-0.1, -0.05) is 22.9 Å². The second-order valence-electron chi connectivity index (χ2n) is 3.73. The molecule has 0 saturated heterocycles. The molecule has 0 aliphatic carbocycles. The fourth-order valence-electron chi connectivity index (χ4n) is 1.32. The Kier molecular flexibility index (Phi) is 7.66. The minimum absolute atomic E-state index is 0.0289. The Morgan fingerprint density at radius 2 is 1.76 bits per heavy atom. The summed E-state index contributed by atoms with van der Waals surface area (Å²) in [5.74, 6) is -0.189. The van der Waals surface area contributed by atoms with Crippen LogP contribution in [0.15, 0.2) is 0 Å². The van der Waals surface area contributed by atoms with Crippen LogP contribution in [0.5, 0.6) is 0 Å². The maximum absolute atomic E-state index is 12.2. The van der Waals surface area contributed by atoms with E-state index in [4.69, 9.17) is 0 Å². The molecule has 0 spiro atoms. The van der Waals surface area contributed by atoms with E-state index in [0.29, 0.717) is 11.8 Å². The van der Waals surface area contributed by atoms with Crippen LogP contribution in [-0.2, 0) is 9.84 Å². The van der Waals surface area contributed by atoms with Gasteiger partial charge in [-0.05, 0) is 6.42 Å². The Balaban J connectivity index is 4.27. The van der Waals surface area contributed by atoms with E-state index in [2.05, 4.69) is 15.9 Å². The Morgan fingerprint density at radius 1 is 1.18 bits per heavy atom. The first-order valence-corrected chi connectivity index (χ1v) is 8.20. The van der Waals surface area contributed by atoms with Crippen LogP contribution in [-0.4, -0.2) is 56.0 Å². The number of sulfone groups is 1. The largest absolute Gasteiger partial charge is 0.401 e. The topological polar surface area (TPSA) is 37.4 Å². The van der Waals surface area contributed by atoms with Gasteiger partial charge in [0, 0.05) is 24.2 Å². The molecule has 104 valence electrons. The standard InChI is InChI=1S/C9H17BrF3NO2S/c1-2-6-17(15,16)7-5-14(4-3-10)8-9(11,12)13/h2-8H2,1H3. The zero-order valence-corrected chi connectivity index (χ0v) is 12.0. The van der Waals surface area contributed by atoms with E-state index in [1.807, 2.05) is 0 Å². The number of alkyl halides is 4. The maximum atomic E-state index is 12.2. The molecule has 0 unspecified atom stereocenters. The van der Waals surface area contributed by atoms with Crippen LogP contribution < -0.4 is 0 Å². The first-order chi connectivity index (χ1) is 7.70. The lowest BCUT2D eigenvalue weighted by Crippen LogP contribution is -2.38. The summed E-state index contributed by atoms with van der Waals surface area (Å²) in [7, 11) is -3.22. The molecule has 0 saturated carbocycles. The molecule has 17 heavy (non-hydrogen) atoms. The molecule has 0 heterocycles. The predicted molar refractivity (Wildman–Crippen MR) is 65.2 cm³/mol. The summed E-state index contributed by atoms with van der Waals surface area (Å²) >= 11 is 3.05. The van der Waals surface area contributed by atoms with Crippen LogP contribution in [0.3, 0.4) is 0 Å². The summed E-state index contributed by atoms with van der Waals surface area (Å²) in [6, 6.07) is 0. The summed E-state index contributed by atoms with van der Waals surface area (Å²) in [6.07, 6.45) is -3.81. The highest BCUT2D eigenvalue weighted by Gasteiger charge is 2.30. The number of nitrogens with zero attached hydrogens (tertiary/aromatic N) is 1. The highest BCUT2D eigenvalue weighted by Crippen LogP contribution is 2.16. The van der Waals surface area contributed by atoms with Crippen molar-refractivity contribution in [2.24, 2.45) is 0 Å². The molecule has 0 fully saturated rings. The lowest BCUT2D eigenvalue weighted by atomic mass is 10.4. The first-order valence-electron chi connectivity index (χ1n) is 5.25. The summed E-state index contributed by atoms with van der Waals surface area (Å²) in [5, 5.41) is 0.386. The zero-order valence-electron chi connectivity index (χ0n) is 9.63. The van der Waals surface area contributed by atoms with Gasteiger partial charge < -0.3 is 0 Å². The third-order valence-electron chi connectivity index (χ3n) is 2.04. The molecular formula is C9H17BrF3NO2S. The third kappa shape index (κ3) is 9.84. The van der Waals surface area contributed by atoms with Crippen molar-refractivity contribution in [2.45, 2.75) is 19.5 Å². The molecule has 0 aromatic rings. The molecule has 0 rings (SSSR count). The van der Waals surface area contributed by atoms with Crippen LogP contribution in [0, 0.1) is 0 Å². The molecule has 0 aliphatic heterocycles. The van der Waals surface area contributed by atoms with E-state index >= 15 is 0 Å². The average molecular weight is 340 g/mol. The number of rotatable bonds is 8. The lowest BCUT2D eigenvalue weighted by Gasteiger charge is -2.22. The minimum Gasteiger partial charge on any atom is -0.293 e. The molecule has 0 aromatic heterocycles. The van der Waals surface area contributed by atoms with E-state index in [-0.39, 0.29) is 24.6 Å². The van der Waals surface area contributed by atoms with Crippen LogP contribution in [0.4, 0.5) is 13.2 Å². The van der Waals surface area contributed by atoms with Crippen molar-refractivity contribution < 1.29 is 21.6 Å². The van der Waals surface area contributed by atoms with E-state index in [1.54, 1.807) is 6.92 Å². The molecule has 0 amide bonds. The van der Waals surface area contributed by atoms with E-state index in [0.717, 1.165) is 4.90 Å². The third-order valence-corrected chi connectivity index (χ3v) is 4.23. The smallest absolute Gasteiger partial charge is 0.293 e. The molecule has 3 nitrogen and oxygen atoms in total. The molecule has 0 atom stereocenters. The van der Waals surface area contributed by atoms with Gasteiger partial charge in [0.15, 0.2) is 9.84 Å². The molecule has 0 N–H and O–H groups in total. The van der Waals surface area contributed by atoms with Crippen molar-refractivity contribution in [1.82, 2.24) is 4.90 Å². The van der Waals surface area contributed by atoms with Crippen LogP contribution >= 0.6 is 15.9 Å². The molecule has 0 aliphatic rings. The predicted octanol–water partition coefficient (Wildman–Crippen LogP) is 2.07. The van der Waals surface area contributed by atoms with Gasteiger partial charge in [0.1, 0.15) is 0 Å². The van der Waals surface area contributed by atoms with Crippen LogP contribution in [0.2, 0.25) is 0 Å². The molecular weight excluding hydrogens is 323 g/mol. The Bertz CT molecular complexity index is 306. The van der Waals surface area contributed by atoms with E-state index in [9.17, 15) is 21.6 Å². The second kappa shape index (κ2) is 7.58. The second-order valence-corrected chi connectivity index (χ2v) is 6.83. The van der Waals surface area contributed by atoms with Crippen molar-refractivity contribution in [1.29, 1.82) is 0 Å². The fourth-order valence-corrected chi connectivity index (χ4v) is 3.19. The first kappa shape index (κ1) is 17.2. The Labute approximate surface area is 108 Å². The fraction of sp³-hybridized carbons (Fsp3) is 1.00. The lowest BCUT2D eigenvalue weighted by molar-refractivity contribution is -0.144. The summed E-state index contributed by atoms with van der Waals surface area (Å²) in [6.45, 7) is 0.762. The SMILES string of the molecule is CCCS(=O)(=O)CCN(CCBr)CC(F)(F)F. The minimum atomic E-state index is -4.29. The van der Waals surface area contributed by atoms with Gasteiger partial charge in [0.05, 0.1) is 12.3 Å². The summed E-state index contributed by atoms with van der Waals surface area (Å²) < 4.78 is 59.3. The van der Waals surface area contributed by atoms with Gasteiger partial charge in [-0.2, -0.15) is 13.2 Å². The van der Waals surface area contributed by atoms with Crippen molar-refractivity contribution in [3.8, 4) is 0 Å². The highest BCUT2D eigenvalue weighted by molar-refractivity contribution is 9.09. The zero-order chi connectivity index (χ0) is 13.5. The maximum Gasteiger partial charge on any atom is 0.401 e. The van der Waals surface area contributed by atoms with Gasteiger partial charge in [-0.25, -0.2) is 8.42 Å². The molecule has 0 aromatic carbocycles. The summed E-state index contributed by atoms with van der Waals surface area (Å²) in [4.78, 5) is 1.10. The highest BCUT2D eigenvalue weighted by atomic mass is 79.9. The van der Waals surface area contributed by atoms with Gasteiger partial charge in [0.2, 0.25) is 0 Å². The van der Waals surface area contributed by atoms with Crippen molar-refractivity contribution >= 4 is 25.8 Å². The van der Waals surface area contributed by atoms with Gasteiger partial charge in [0.25, 0.3) is 0 Å². The van der Waals surface area contributed by atoms with Gasteiger partial charge in [-0.3, -0.25) is 4.90 Å². The molecule has 8 heteroatoms. The van der Waals surface area contributed by atoms with Crippen LogP contribution in [0.25, 0.3) is 0 Å².